The van der Waals surface area contributed by atoms with Crippen LogP contribution in [0.3, 0.4) is 0 Å². The van der Waals surface area contributed by atoms with Crippen LogP contribution in [0.4, 0.5) is 18.9 Å². The predicted molar refractivity (Wildman–Crippen MR) is 98.4 cm³/mol. The summed E-state index contributed by atoms with van der Waals surface area (Å²) in [5.74, 6) is 0.818. The molecule has 0 saturated heterocycles. The van der Waals surface area contributed by atoms with Gasteiger partial charge in [0.1, 0.15) is 0 Å². The van der Waals surface area contributed by atoms with Gasteiger partial charge in [0.2, 0.25) is 11.7 Å². The molecule has 1 N–H and O–H groups in total. The number of hydrogen-bond acceptors (Lipinski definition) is 7. The zero-order valence-corrected chi connectivity index (χ0v) is 16.5. The smallest absolute Gasteiger partial charge is 0.339 e. The maximum atomic E-state index is 12.5. The van der Waals surface area contributed by atoms with Gasteiger partial charge in [0, 0.05) is 17.4 Å². The fourth-order valence-electron chi connectivity index (χ4n) is 2.16. The highest BCUT2D eigenvalue weighted by Gasteiger charge is 2.46. The van der Waals surface area contributed by atoms with Crippen LogP contribution in [-0.2, 0) is 16.4 Å². The van der Waals surface area contributed by atoms with Crippen LogP contribution in [0.25, 0.3) is 22.1 Å². The van der Waals surface area contributed by atoms with Crippen LogP contribution >= 0.6 is 22.9 Å². The molecule has 0 aliphatic heterocycles. The second kappa shape index (κ2) is 7.68. The molecule has 0 radical (unpaired) electrons. The lowest BCUT2D eigenvalue weighted by molar-refractivity contribution is -0.0429. The molecule has 13 heteroatoms. The largest absolute Gasteiger partial charge is 0.516 e. The average molecular weight is 453 g/mol. The van der Waals surface area contributed by atoms with E-state index in [9.17, 15) is 21.6 Å². The van der Waals surface area contributed by atoms with E-state index in [1.165, 1.54) is 22.1 Å². The number of nitrogens with zero attached hydrogens (tertiary/aromatic N) is 3. The summed E-state index contributed by atoms with van der Waals surface area (Å²) in [4.78, 5) is 8.59. The number of sulfonamides is 1. The Morgan fingerprint density at radius 2 is 2.04 bits per heavy atom. The summed E-state index contributed by atoms with van der Waals surface area (Å²) in [6, 6.07) is 3.61. The average Bonchev–Trinajstić information content (AvgIpc) is 3.23. The maximum absolute atomic E-state index is 12.5. The molecular weight excluding hydrogens is 441 g/mol. The van der Waals surface area contributed by atoms with E-state index in [1.54, 1.807) is 5.38 Å². The third-order valence-electron chi connectivity index (χ3n) is 3.43. The van der Waals surface area contributed by atoms with Gasteiger partial charge in [-0.2, -0.15) is 26.6 Å². The van der Waals surface area contributed by atoms with Gasteiger partial charge in [-0.1, -0.05) is 23.7 Å². The van der Waals surface area contributed by atoms with Gasteiger partial charge in [-0.3, -0.25) is 4.72 Å². The molecule has 0 fully saturated rings. The summed E-state index contributed by atoms with van der Waals surface area (Å²) >= 11 is 7.35. The molecule has 28 heavy (non-hydrogen) atoms. The van der Waals surface area contributed by atoms with Gasteiger partial charge in [-0.25, -0.2) is 4.98 Å². The lowest BCUT2D eigenvalue weighted by Gasteiger charge is -2.11. The van der Waals surface area contributed by atoms with E-state index in [0.717, 1.165) is 18.6 Å². The Balaban J connectivity index is 1.84. The number of aromatic nitrogens is 3. The molecule has 0 amide bonds. The lowest BCUT2D eigenvalue weighted by atomic mass is 10.1. The van der Waals surface area contributed by atoms with Crippen molar-refractivity contribution in [3.8, 4) is 22.1 Å². The summed E-state index contributed by atoms with van der Waals surface area (Å²) in [5, 5.41) is 6.04. The fraction of sp³-hybridized carbons (Fsp3) is 0.267. The van der Waals surface area contributed by atoms with Gasteiger partial charge in [0.05, 0.1) is 16.4 Å². The Kier molecular flexibility index (Phi) is 5.64. The molecule has 0 unspecified atom stereocenters. The standard InChI is InChI=1S/C15H12ClF3N4O3S2/c1-2-3-12-21-13(22-26-12)14-20-11(7-27-14)9-5-4-8(6-10(9)16)23-28(24,25)15(17,18)19/h4-7,23H,2-3H2,1H3. The van der Waals surface area contributed by atoms with Crippen LogP contribution in [0, 0.1) is 0 Å². The van der Waals surface area contributed by atoms with Gasteiger partial charge in [0.25, 0.3) is 0 Å². The Bertz CT molecular complexity index is 1100. The van der Waals surface area contributed by atoms with E-state index in [1.807, 2.05) is 6.92 Å². The van der Waals surface area contributed by atoms with Crippen LogP contribution < -0.4 is 4.72 Å². The molecule has 0 atom stereocenters. The van der Waals surface area contributed by atoms with Crippen molar-refractivity contribution in [2.45, 2.75) is 25.3 Å². The first kappa shape index (κ1) is 20.6. The van der Waals surface area contributed by atoms with Crippen LogP contribution in [0.1, 0.15) is 19.2 Å². The zero-order valence-electron chi connectivity index (χ0n) is 14.1. The second-order valence-electron chi connectivity index (χ2n) is 5.55. The minimum Gasteiger partial charge on any atom is -0.339 e. The minimum atomic E-state index is -5.53. The van der Waals surface area contributed by atoms with E-state index in [0.29, 0.717) is 34.4 Å². The van der Waals surface area contributed by atoms with Gasteiger partial charge >= 0.3 is 15.5 Å². The molecule has 1 aromatic carbocycles. The third-order valence-corrected chi connectivity index (χ3v) is 5.69. The van der Waals surface area contributed by atoms with Crippen molar-refractivity contribution in [3.05, 3.63) is 34.5 Å². The molecule has 7 nitrogen and oxygen atoms in total. The first-order valence-corrected chi connectivity index (χ1v) is 10.5. The number of nitrogens with one attached hydrogen (secondary N) is 1. The predicted octanol–water partition coefficient (Wildman–Crippen LogP) is 4.73. The number of benzene rings is 1. The van der Waals surface area contributed by atoms with E-state index in [4.69, 9.17) is 16.1 Å². The summed E-state index contributed by atoms with van der Waals surface area (Å²) in [6.07, 6.45) is 1.50. The quantitative estimate of drug-likeness (QED) is 0.580. The normalized spacial score (nSPS) is 12.3. The summed E-state index contributed by atoms with van der Waals surface area (Å²) < 4.78 is 66.3. The topological polar surface area (TPSA) is 98.0 Å². The Hall–Kier alpha value is -2.18. The number of thiazole rings is 1. The van der Waals surface area contributed by atoms with Crippen molar-refractivity contribution in [1.29, 1.82) is 0 Å². The summed E-state index contributed by atoms with van der Waals surface area (Å²) in [6.45, 7) is 1.98. The summed E-state index contributed by atoms with van der Waals surface area (Å²) in [5.41, 5.74) is -4.89. The number of rotatable bonds is 6. The first-order chi connectivity index (χ1) is 13.1. The van der Waals surface area contributed by atoms with E-state index < -0.39 is 15.5 Å². The highest BCUT2D eigenvalue weighted by Crippen LogP contribution is 2.34. The number of aryl methyl sites for hydroxylation is 1. The molecule has 0 aliphatic carbocycles. The van der Waals surface area contributed by atoms with Crippen molar-refractivity contribution in [2.24, 2.45) is 0 Å². The molecule has 150 valence electrons. The van der Waals surface area contributed by atoms with Crippen molar-refractivity contribution >= 4 is 38.6 Å². The molecule has 0 aliphatic rings. The van der Waals surface area contributed by atoms with Gasteiger partial charge < -0.3 is 4.52 Å². The highest BCUT2D eigenvalue weighted by atomic mass is 35.5. The van der Waals surface area contributed by atoms with Crippen LogP contribution in [-0.4, -0.2) is 29.1 Å². The van der Waals surface area contributed by atoms with Crippen LogP contribution in [0.5, 0.6) is 0 Å². The van der Waals surface area contributed by atoms with E-state index >= 15 is 0 Å². The van der Waals surface area contributed by atoms with Crippen molar-refractivity contribution in [3.63, 3.8) is 0 Å². The Labute approximate surface area is 166 Å². The Morgan fingerprint density at radius 1 is 1.29 bits per heavy atom. The van der Waals surface area contributed by atoms with Crippen molar-refractivity contribution in [1.82, 2.24) is 15.1 Å². The van der Waals surface area contributed by atoms with E-state index in [2.05, 4.69) is 15.1 Å². The number of alkyl halides is 3. The summed E-state index contributed by atoms with van der Waals surface area (Å²) in [7, 11) is -5.53. The molecular formula is C15H12ClF3N4O3S2. The van der Waals surface area contributed by atoms with Crippen molar-refractivity contribution in [2.75, 3.05) is 4.72 Å². The maximum Gasteiger partial charge on any atom is 0.516 e. The van der Waals surface area contributed by atoms with Crippen molar-refractivity contribution < 1.29 is 26.1 Å². The van der Waals surface area contributed by atoms with E-state index in [-0.39, 0.29) is 10.7 Å². The Morgan fingerprint density at radius 3 is 2.68 bits per heavy atom. The minimum absolute atomic E-state index is 0.0269. The second-order valence-corrected chi connectivity index (χ2v) is 8.48. The highest BCUT2D eigenvalue weighted by molar-refractivity contribution is 7.93. The molecule has 2 aromatic heterocycles. The molecule has 0 spiro atoms. The number of hydrogen-bond donors (Lipinski definition) is 1. The van der Waals surface area contributed by atoms with Gasteiger partial charge in [0.15, 0.2) is 5.01 Å². The molecule has 0 saturated carbocycles. The van der Waals surface area contributed by atoms with Gasteiger partial charge in [-0.05, 0) is 24.6 Å². The van der Waals surface area contributed by atoms with Crippen LogP contribution in [0.2, 0.25) is 5.02 Å². The number of anilines is 1. The molecule has 2 heterocycles. The lowest BCUT2D eigenvalue weighted by Crippen LogP contribution is -2.29. The number of halogens is 4. The SMILES string of the molecule is CCCc1nc(-c2nc(-c3ccc(NS(=O)(=O)C(F)(F)F)cc3Cl)cs2)no1. The molecule has 3 rings (SSSR count). The van der Waals surface area contributed by atoms with Gasteiger partial charge in [-0.15, -0.1) is 11.3 Å². The zero-order chi connectivity index (χ0) is 20.5. The first-order valence-electron chi connectivity index (χ1n) is 7.78. The third kappa shape index (κ3) is 4.28. The monoisotopic (exact) mass is 452 g/mol. The van der Waals surface area contributed by atoms with Crippen LogP contribution in [0.15, 0.2) is 28.1 Å². The fourth-order valence-corrected chi connectivity index (χ4v) is 3.73. The molecule has 0 bridgehead atoms. The molecule has 3 aromatic rings.